The Morgan fingerprint density at radius 3 is 2.82 bits per heavy atom. The van der Waals surface area contributed by atoms with Crippen molar-refractivity contribution in [2.75, 3.05) is 13.1 Å². The van der Waals surface area contributed by atoms with Crippen molar-refractivity contribution >= 4 is 11.8 Å². The van der Waals surface area contributed by atoms with Crippen molar-refractivity contribution in [3.63, 3.8) is 0 Å². The molecule has 2 aromatic rings. The van der Waals surface area contributed by atoms with E-state index in [4.69, 9.17) is 0 Å². The highest BCUT2D eigenvalue weighted by Gasteiger charge is 2.41. The zero-order valence-electron chi connectivity index (χ0n) is 16.5. The Kier molecular flexibility index (Phi) is 5.15. The van der Waals surface area contributed by atoms with Gasteiger partial charge in [-0.2, -0.15) is 5.10 Å². The fourth-order valence-corrected chi connectivity index (χ4v) is 4.28. The van der Waals surface area contributed by atoms with Crippen LogP contribution in [0.5, 0.6) is 0 Å². The van der Waals surface area contributed by atoms with Crippen LogP contribution in [0.1, 0.15) is 41.9 Å². The van der Waals surface area contributed by atoms with Crippen LogP contribution in [-0.4, -0.2) is 55.9 Å². The molecule has 0 aliphatic carbocycles. The highest BCUT2D eigenvalue weighted by atomic mass is 16.2. The molecule has 2 amide bonds. The molecule has 28 heavy (non-hydrogen) atoms. The van der Waals surface area contributed by atoms with Gasteiger partial charge in [0.15, 0.2) is 0 Å². The van der Waals surface area contributed by atoms with Crippen LogP contribution in [0.3, 0.4) is 0 Å². The van der Waals surface area contributed by atoms with E-state index in [0.717, 1.165) is 35.5 Å². The minimum Gasteiger partial charge on any atom is -0.340 e. The number of hydrogen-bond donors (Lipinski definition) is 1. The molecule has 5 heterocycles. The van der Waals surface area contributed by atoms with Crippen molar-refractivity contribution in [1.29, 1.82) is 0 Å². The number of fused-ring (bicyclic) bond motifs is 4. The van der Waals surface area contributed by atoms with E-state index in [9.17, 15) is 9.59 Å². The molecule has 3 aliphatic heterocycles. The SMILES string of the molecule is Cc1[nH]nc(CCC(=O)N2C[C@@H]3CC[C@H](C2)N(Cc2ccccn2)C3=O)c1C. The Balaban J connectivity index is 1.42. The topological polar surface area (TPSA) is 82.2 Å². The molecular formula is C21H27N5O2. The number of piperidine rings is 1. The maximum atomic E-state index is 13.0. The first-order valence-corrected chi connectivity index (χ1v) is 10.0. The van der Waals surface area contributed by atoms with Crippen molar-refractivity contribution < 1.29 is 9.59 Å². The number of nitrogens with one attached hydrogen (secondary N) is 1. The van der Waals surface area contributed by atoms with Crippen molar-refractivity contribution in [1.82, 2.24) is 25.0 Å². The van der Waals surface area contributed by atoms with E-state index in [2.05, 4.69) is 15.2 Å². The van der Waals surface area contributed by atoms with E-state index >= 15 is 0 Å². The fraction of sp³-hybridized carbons (Fsp3) is 0.524. The number of aryl methyl sites for hydroxylation is 2. The first-order chi connectivity index (χ1) is 13.5. The first kappa shape index (κ1) is 18.7. The second-order valence-electron chi connectivity index (χ2n) is 7.93. The molecule has 0 radical (unpaired) electrons. The second-order valence-corrected chi connectivity index (χ2v) is 7.93. The maximum absolute atomic E-state index is 13.0. The van der Waals surface area contributed by atoms with Gasteiger partial charge in [-0.3, -0.25) is 19.7 Å². The molecular weight excluding hydrogens is 354 g/mol. The summed E-state index contributed by atoms with van der Waals surface area (Å²) >= 11 is 0. The smallest absolute Gasteiger partial charge is 0.228 e. The number of aromatic amines is 1. The van der Waals surface area contributed by atoms with Crippen molar-refractivity contribution in [3.05, 3.63) is 47.0 Å². The van der Waals surface area contributed by atoms with E-state index in [-0.39, 0.29) is 23.8 Å². The number of amides is 2. The summed E-state index contributed by atoms with van der Waals surface area (Å²) in [5.41, 5.74) is 4.02. The predicted octanol–water partition coefficient (Wildman–Crippen LogP) is 2.00. The van der Waals surface area contributed by atoms with Gasteiger partial charge >= 0.3 is 0 Å². The van der Waals surface area contributed by atoms with Crippen LogP contribution in [0.15, 0.2) is 24.4 Å². The Morgan fingerprint density at radius 2 is 2.11 bits per heavy atom. The number of carbonyl (C=O) groups is 2. The van der Waals surface area contributed by atoms with Crippen LogP contribution in [0.4, 0.5) is 0 Å². The molecule has 3 fully saturated rings. The van der Waals surface area contributed by atoms with Gasteiger partial charge < -0.3 is 9.80 Å². The summed E-state index contributed by atoms with van der Waals surface area (Å²) in [7, 11) is 0. The highest BCUT2D eigenvalue weighted by molar-refractivity contribution is 5.83. The summed E-state index contributed by atoms with van der Waals surface area (Å²) in [5.74, 6) is 0.182. The van der Waals surface area contributed by atoms with Crippen LogP contribution in [0, 0.1) is 19.8 Å². The summed E-state index contributed by atoms with van der Waals surface area (Å²) in [4.78, 5) is 34.0. The van der Waals surface area contributed by atoms with Crippen LogP contribution in [0.2, 0.25) is 0 Å². The van der Waals surface area contributed by atoms with E-state index in [1.807, 2.05) is 41.8 Å². The van der Waals surface area contributed by atoms with Gasteiger partial charge in [-0.1, -0.05) is 6.07 Å². The average molecular weight is 381 g/mol. The Bertz CT molecular complexity index is 863. The predicted molar refractivity (Wildman–Crippen MR) is 104 cm³/mol. The number of carbonyl (C=O) groups excluding carboxylic acids is 2. The molecule has 2 aromatic heterocycles. The molecule has 7 heteroatoms. The lowest BCUT2D eigenvalue weighted by atomic mass is 9.94. The molecule has 148 valence electrons. The highest BCUT2D eigenvalue weighted by Crippen LogP contribution is 2.30. The molecule has 3 aliphatic rings. The monoisotopic (exact) mass is 381 g/mol. The molecule has 1 N–H and O–H groups in total. The van der Waals surface area contributed by atoms with Gasteiger partial charge in [0, 0.05) is 43.9 Å². The number of nitrogens with zero attached hydrogens (tertiary/aromatic N) is 4. The summed E-state index contributed by atoms with van der Waals surface area (Å²) in [5, 5.41) is 7.28. The Morgan fingerprint density at radius 1 is 1.25 bits per heavy atom. The Hall–Kier alpha value is -2.70. The number of pyridine rings is 1. The largest absolute Gasteiger partial charge is 0.340 e. The molecule has 0 unspecified atom stereocenters. The summed E-state index contributed by atoms with van der Waals surface area (Å²) in [6.45, 7) is 5.69. The third kappa shape index (κ3) is 3.66. The number of rotatable bonds is 5. The minimum absolute atomic E-state index is 0.0755. The van der Waals surface area contributed by atoms with Crippen LogP contribution in [0.25, 0.3) is 0 Å². The molecule has 0 aromatic carbocycles. The van der Waals surface area contributed by atoms with Crippen LogP contribution >= 0.6 is 0 Å². The number of H-pyrrole nitrogens is 1. The maximum Gasteiger partial charge on any atom is 0.228 e. The van der Waals surface area contributed by atoms with Crippen molar-refractivity contribution in [2.24, 2.45) is 5.92 Å². The fourth-order valence-electron chi connectivity index (χ4n) is 4.28. The van der Waals surface area contributed by atoms with E-state index in [1.54, 1.807) is 6.20 Å². The third-order valence-electron chi connectivity index (χ3n) is 6.13. The van der Waals surface area contributed by atoms with Gasteiger partial charge in [0.1, 0.15) is 0 Å². The number of hydrogen-bond acceptors (Lipinski definition) is 4. The normalized spacial score (nSPS) is 21.9. The molecule has 3 saturated heterocycles. The van der Waals surface area contributed by atoms with E-state index in [1.165, 1.54) is 0 Å². The van der Waals surface area contributed by atoms with Crippen LogP contribution < -0.4 is 0 Å². The molecule has 7 nitrogen and oxygen atoms in total. The van der Waals surface area contributed by atoms with E-state index < -0.39 is 0 Å². The lowest BCUT2D eigenvalue weighted by Gasteiger charge is -2.35. The van der Waals surface area contributed by atoms with Crippen LogP contribution in [-0.2, 0) is 22.6 Å². The zero-order chi connectivity index (χ0) is 19.7. The lowest BCUT2D eigenvalue weighted by molar-refractivity contribution is -0.140. The summed E-state index contributed by atoms with van der Waals surface area (Å²) in [6.07, 6.45) is 4.63. The van der Waals surface area contributed by atoms with Gasteiger partial charge in [-0.25, -0.2) is 0 Å². The van der Waals surface area contributed by atoms with Gasteiger partial charge in [-0.05, 0) is 44.4 Å². The first-order valence-electron chi connectivity index (χ1n) is 10.0. The molecule has 0 spiro atoms. The minimum atomic E-state index is -0.0965. The van der Waals surface area contributed by atoms with Gasteiger partial charge in [-0.15, -0.1) is 0 Å². The van der Waals surface area contributed by atoms with Gasteiger partial charge in [0.05, 0.1) is 23.9 Å². The summed E-state index contributed by atoms with van der Waals surface area (Å²) < 4.78 is 0. The van der Waals surface area contributed by atoms with Gasteiger partial charge in [0.2, 0.25) is 11.8 Å². The van der Waals surface area contributed by atoms with Gasteiger partial charge in [0.25, 0.3) is 0 Å². The molecule has 5 rings (SSSR count). The summed E-state index contributed by atoms with van der Waals surface area (Å²) in [6, 6.07) is 5.84. The average Bonchev–Trinajstić information content (AvgIpc) is 2.88. The molecule has 0 saturated carbocycles. The lowest BCUT2D eigenvalue weighted by Crippen LogP contribution is -2.47. The second kappa shape index (κ2) is 7.73. The molecule has 2 atom stereocenters. The quantitative estimate of drug-likeness (QED) is 0.859. The third-order valence-corrected chi connectivity index (χ3v) is 6.13. The van der Waals surface area contributed by atoms with E-state index in [0.29, 0.717) is 32.5 Å². The molecule has 2 bridgehead atoms. The van der Waals surface area contributed by atoms with Crippen molar-refractivity contribution in [2.45, 2.75) is 52.1 Å². The Labute approximate surface area is 165 Å². The standard InChI is InChI=1S/C21H27N5O2/c1-14-15(2)23-24-19(14)8-9-20(27)25-11-16-6-7-18(13-25)26(21(16)28)12-17-5-3-4-10-22-17/h3-5,10,16,18H,6-9,11-13H2,1-2H3,(H,23,24)/t16-,18+/m0/s1. The zero-order valence-corrected chi connectivity index (χ0v) is 16.5. The van der Waals surface area contributed by atoms with Crippen molar-refractivity contribution in [3.8, 4) is 0 Å². The number of aromatic nitrogens is 3.